The zero-order valence-corrected chi connectivity index (χ0v) is 11.3. The Labute approximate surface area is 108 Å². The number of rotatable bonds is 7. The Morgan fingerprint density at radius 1 is 1.44 bits per heavy atom. The molecule has 1 rings (SSSR count). The summed E-state index contributed by atoms with van der Waals surface area (Å²) >= 11 is 0. The molecule has 2 N–H and O–H groups in total. The molecule has 0 unspecified atom stereocenters. The quantitative estimate of drug-likeness (QED) is 0.734. The van der Waals surface area contributed by atoms with Crippen LogP contribution in [0.25, 0.3) is 0 Å². The van der Waals surface area contributed by atoms with Crippen LogP contribution in [-0.2, 0) is 11.3 Å². The van der Waals surface area contributed by atoms with E-state index in [-0.39, 0.29) is 5.69 Å². The molecule has 6 nitrogen and oxygen atoms in total. The van der Waals surface area contributed by atoms with Crippen LogP contribution in [0.2, 0.25) is 0 Å². The van der Waals surface area contributed by atoms with Gasteiger partial charge in [0.05, 0.1) is 18.8 Å². The molecule has 0 radical (unpaired) electrons. The van der Waals surface area contributed by atoms with Crippen LogP contribution in [0, 0.1) is 0 Å². The lowest BCUT2D eigenvalue weighted by molar-refractivity contribution is 0.0519. The molecule has 102 valence electrons. The van der Waals surface area contributed by atoms with Gasteiger partial charge in [0.15, 0.2) is 5.69 Å². The number of hydrogen-bond acceptors (Lipinski definition) is 5. The molecule has 6 heteroatoms. The van der Waals surface area contributed by atoms with Gasteiger partial charge in [-0.15, -0.1) is 0 Å². The lowest BCUT2D eigenvalue weighted by Gasteiger charge is -2.17. The number of esters is 1. The molecule has 1 heterocycles. The molecule has 1 aromatic heterocycles. The third-order valence-electron chi connectivity index (χ3n) is 2.80. The van der Waals surface area contributed by atoms with Gasteiger partial charge < -0.3 is 15.4 Å². The van der Waals surface area contributed by atoms with Crippen molar-refractivity contribution in [1.82, 2.24) is 14.7 Å². The second-order valence-electron chi connectivity index (χ2n) is 3.94. The highest BCUT2D eigenvalue weighted by atomic mass is 16.5. The van der Waals surface area contributed by atoms with Crippen LogP contribution in [0.1, 0.15) is 31.3 Å². The SMILES string of the molecule is CCOC(=O)c1nn(CCN(CC)CC)cc1N. The summed E-state index contributed by atoms with van der Waals surface area (Å²) in [6.45, 7) is 9.91. The Morgan fingerprint density at radius 3 is 2.67 bits per heavy atom. The largest absolute Gasteiger partial charge is 0.461 e. The van der Waals surface area contributed by atoms with E-state index in [2.05, 4.69) is 23.8 Å². The molecular weight excluding hydrogens is 232 g/mol. The molecule has 0 aliphatic carbocycles. The molecule has 18 heavy (non-hydrogen) atoms. The summed E-state index contributed by atoms with van der Waals surface area (Å²) in [5, 5.41) is 4.16. The topological polar surface area (TPSA) is 73.4 Å². The van der Waals surface area contributed by atoms with Gasteiger partial charge in [0, 0.05) is 12.7 Å². The van der Waals surface area contributed by atoms with Gasteiger partial charge in [-0.3, -0.25) is 4.68 Å². The number of likely N-dealkylation sites (N-methyl/N-ethyl adjacent to an activating group) is 1. The summed E-state index contributed by atoms with van der Waals surface area (Å²) in [6, 6.07) is 0. The van der Waals surface area contributed by atoms with Crippen molar-refractivity contribution >= 4 is 11.7 Å². The third kappa shape index (κ3) is 3.73. The van der Waals surface area contributed by atoms with Crippen LogP contribution in [0.3, 0.4) is 0 Å². The number of carbonyl (C=O) groups is 1. The number of hydrogen-bond donors (Lipinski definition) is 1. The Kier molecular flexibility index (Phi) is 5.64. The number of carbonyl (C=O) groups excluding carboxylic acids is 1. The van der Waals surface area contributed by atoms with E-state index in [1.807, 2.05) is 0 Å². The molecule has 0 aliphatic rings. The number of ether oxygens (including phenoxy) is 1. The second-order valence-corrected chi connectivity index (χ2v) is 3.94. The van der Waals surface area contributed by atoms with Crippen molar-refractivity contribution in [2.75, 3.05) is 32.0 Å². The first kappa shape index (κ1) is 14.5. The van der Waals surface area contributed by atoms with E-state index in [0.29, 0.717) is 18.8 Å². The third-order valence-corrected chi connectivity index (χ3v) is 2.80. The predicted octanol–water partition coefficient (Wildman–Crippen LogP) is 0.984. The van der Waals surface area contributed by atoms with Crippen molar-refractivity contribution in [3.8, 4) is 0 Å². The molecule has 0 bridgehead atoms. The van der Waals surface area contributed by atoms with Crippen LogP contribution >= 0.6 is 0 Å². The predicted molar refractivity (Wildman–Crippen MR) is 70.4 cm³/mol. The molecule has 0 aromatic carbocycles. The minimum Gasteiger partial charge on any atom is -0.461 e. The highest BCUT2D eigenvalue weighted by Gasteiger charge is 2.15. The number of nitrogens with zero attached hydrogens (tertiary/aromatic N) is 3. The van der Waals surface area contributed by atoms with Gasteiger partial charge in [0.1, 0.15) is 0 Å². The minimum atomic E-state index is -0.461. The number of nitrogens with two attached hydrogens (primary N) is 1. The smallest absolute Gasteiger partial charge is 0.361 e. The van der Waals surface area contributed by atoms with Gasteiger partial charge >= 0.3 is 5.97 Å². The summed E-state index contributed by atoms with van der Waals surface area (Å²) in [6.07, 6.45) is 1.68. The average molecular weight is 254 g/mol. The number of aromatic nitrogens is 2. The summed E-state index contributed by atoms with van der Waals surface area (Å²) in [7, 11) is 0. The fourth-order valence-corrected chi connectivity index (χ4v) is 1.69. The average Bonchev–Trinajstić information content (AvgIpc) is 2.72. The summed E-state index contributed by atoms with van der Waals surface area (Å²) in [5.74, 6) is -0.461. The lowest BCUT2D eigenvalue weighted by Crippen LogP contribution is -2.27. The van der Waals surface area contributed by atoms with E-state index in [9.17, 15) is 4.79 Å². The Hall–Kier alpha value is -1.56. The van der Waals surface area contributed by atoms with Crippen LogP contribution in [0.5, 0.6) is 0 Å². The van der Waals surface area contributed by atoms with E-state index >= 15 is 0 Å². The second kappa shape index (κ2) is 7.00. The van der Waals surface area contributed by atoms with Crippen molar-refractivity contribution < 1.29 is 9.53 Å². The normalized spacial score (nSPS) is 10.9. The van der Waals surface area contributed by atoms with Crippen LogP contribution < -0.4 is 5.73 Å². The maximum atomic E-state index is 11.5. The molecule has 0 atom stereocenters. The van der Waals surface area contributed by atoms with E-state index in [1.54, 1.807) is 17.8 Å². The first-order valence-electron chi connectivity index (χ1n) is 6.34. The maximum absolute atomic E-state index is 11.5. The van der Waals surface area contributed by atoms with Crippen LogP contribution in [0.15, 0.2) is 6.20 Å². The van der Waals surface area contributed by atoms with E-state index in [4.69, 9.17) is 10.5 Å². The Morgan fingerprint density at radius 2 is 2.11 bits per heavy atom. The molecule has 0 aliphatic heterocycles. The van der Waals surface area contributed by atoms with Gasteiger partial charge in [0.2, 0.25) is 0 Å². The highest BCUT2D eigenvalue weighted by Crippen LogP contribution is 2.10. The molecule has 0 saturated carbocycles. The first-order chi connectivity index (χ1) is 8.62. The minimum absolute atomic E-state index is 0.205. The number of anilines is 1. The van der Waals surface area contributed by atoms with Crippen LogP contribution in [-0.4, -0.2) is 46.9 Å². The molecule has 0 fully saturated rings. The van der Waals surface area contributed by atoms with Gasteiger partial charge in [-0.1, -0.05) is 13.8 Å². The molecule has 0 spiro atoms. The fourth-order valence-electron chi connectivity index (χ4n) is 1.69. The summed E-state index contributed by atoms with van der Waals surface area (Å²) in [5.41, 5.74) is 6.32. The fraction of sp³-hybridized carbons (Fsp3) is 0.667. The molecule has 0 saturated heterocycles. The van der Waals surface area contributed by atoms with Gasteiger partial charge in [-0.25, -0.2) is 4.79 Å². The van der Waals surface area contributed by atoms with E-state index < -0.39 is 5.97 Å². The van der Waals surface area contributed by atoms with Gasteiger partial charge in [0.25, 0.3) is 0 Å². The van der Waals surface area contributed by atoms with Crippen molar-refractivity contribution in [2.24, 2.45) is 0 Å². The van der Waals surface area contributed by atoms with Crippen molar-refractivity contribution in [1.29, 1.82) is 0 Å². The Bertz CT molecular complexity index is 385. The summed E-state index contributed by atoms with van der Waals surface area (Å²) < 4.78 is 6.58. The van der Waals surface area contributed by atoms with E-state index in [0.717, 1.165) is 19.6 Å². The van der Waals surface area contributed by atoms with Gasteiger partial charge in [-0.2, -0.15) is 5.10 Å². The first-order valence-corrected chi connectivity index (χ1v) is 6.34. The maximum Gasteiger partial charge on any atom is 0.361 e. The monoisotopic (exact) mass is 254 g/mol. The molecule has 0 amide bonds. The molecule has 1 aromatic rings. The van der Waals surface area contributed by atoms with Crippen molar-refractivity contribution in [2.45, 2.75) is 27.3 Å². The standard InChI is InChI=1S/C12H22N4O2/c1-4-15(5-2)7-8-16-9-10(13)11(14-16)12(17)18-6-3/h9H,4-8,13H2,1-3H3. The van der Waals surface area contributed by atoms with Crippen molar-refractivity contribution in [3.63, 3.8) is 0 Å². The Balaban J connectivity index is 2.63. The zero-order valence-electron chi connectivity index (χ0n) is 11.3. The zero-order chi connectivity index (χ0) is 13.5. The van der Waals surface area contributed by atoms with E-state index in [1.165, 1.54) is 0 Å². The molecular formula is C12H22N4O2. The van der Waals surface area contributed by atoms with Gasteiger partial charge in [-0.05, 0) is 20.0 Å². The number of nitrogen functional groups attached to an aromatic ring is 1. The highest BCUT2D eigenvalue weighted by molar-refractivity contribution is 5.92. The lowest BCUT2D eigenvalue weighted by atomic mass is 10.4. The summed E-state index contributed by atoms with van der Waals surface area (Å²) in [4.78, 5) is 13.8. The van der Waals surface area contributed by atoms with Crippen LogP contribution in [0.4, 0.5) is 5.69 Å². The van der Waals surface area contributed by atoms with Crippen molar-refractivity contribution in [3.05, 3.63) is 11.9 Å².